The zero-order valence-corrected chi connectivity index (χ0v) is 17.3. The Labute approximate surface area is 174 Å². The van der Waals surface area contributed by atoms with Gasteiger partial charge in [-0.25, -0.2) is 4.98 Å². The molecule has 7 heteroatoms. The van der Waals surface area contributed by atoms with E-state index in [1.54, 1.807) is 12.4 Å². The van der Waals surface area contributed by atoms with Crippen LogP contribution in [0.15, 0.2) is 60.2 Å². The SMILES string of the molecule is CC(C)CC(=O)NC(C(=O)NCc1nc(-c2ccncc2)cs1)c1ccccc1. The molecule has 0 spiro atoms. The topological polar surface area (TPSA) is 84.0 Å². The van der Waals surface area contributed by atoms with Gasteiger partial charge in [-0.2, -0.15) is 0 Å². The third-order valence-electron chi connectivity index (χ3n) is 4.24. The van der Waals surface area contributed by atoms with Crippen LogP contribution >= 0.6 is 11.3 Å². The lowest BCUT2D eigenvalue weighted by atomic mass is 10.0. The molecule has 1 unspecified atom stereocenters. The van der Waals surface area contributed by atoms with Gasteiger partial charge >= 0.3 is 0 Å². The number of carbonyl (C=O) groups excluding carboxylic acids is 2. The first kappa shape index (κ1) is 20.7. The van der Waals surface area contributed by atoms with Gasteiger partial charge in [-0.3, -0.25) is 14.6 Å². The lowest BCUT2D eigenvalue weighted by Crippen LogP contribution is -2.40. The minimum absolute atomic E-state index is 0.141. The summed E-state index contributed by atoms with van der Waals surface area (Å²) in [5.74, 6) is -0.177. The number of benzene rings is 1. The molecule has 0 aliphatic carbocycles. The van der Waals surface area contributed by atoms with Gasteiger partial charge in [-0.1, -0.05) is 44.2 Å². The first-order valence-corrected chi connectivity index (χ1v) is 10.4. The molecule has 0 radical (unpaired) electrons. The zero-order chi connectivity index (χ0) is 20.6. The second-order valence-electron chi connectivity index (χ2n) is 7.09. The van der Waals surface area contributed by atoms with Crippen LogP contribution in [0.1, 0.15) is 36.9 Å². The number of hydrogen-bond donors (Lipinski definition) is 2. The van der Waals surface area contributed by atoms with Gasteiger partial charge in [0.25, 0.3) is 0 Å². The normalized spacial score (nSPS) is 11.8. The Morgan fingerprint density at radius 2 is 1.79 bits per heavy atom. The number of aromatic nitrogens is 2. The summed E-state index contributed by atoms with van der Waals surface area (Å²) in [6.45, 7) is 4.25. The number of thiazole rings is 1. The van der Waals surface area contributed by atoms with Crippen LogP contribution in [0.4, 0.5) is 0 Å². The third kappa shape index (κ3) is 5.96. The Morgan fingerprint density at radius 1 is 1.07 bits per heavy atom. The van der Waals surface area contributed by atoms with Crippen molar-refractivity contribution in [3.63, 3.8) is 0 Å². The number of nitrogens with one attached hydrogen (secondary N) is 2. The molecule has 29 heavy (non-hydrogen) atoms. The molecule has 0 aliphatic rings. The lowest BCUT2D eigenvalue weighted by molar-refractivity contribution is -0.129. The van der Waals surface area contributed by atoms with E-state index in [1.807, 2.05) is 61.7 Å². The Bertz CT molecular complexity index is 942. The lowest BCUT2D eigenvalue weighted by Gasteiger charge is -2.19. The van der Waals surface area contributed by atoms with Crippen molar-refractivity contribution in [1.29, 1.82) is 0 Å². The predicted molar refractivity (Wildman–Crippen MR) is 114 cm³/mol. The largest absolute Gasteiger partial charge is 0.347 e. The molecule has 2 aromatic heterocycles. The van der Waals surface area contributed by atoms with E-state index < -0.39 is 6.04 Å². The van der Waals surface area contributed by atoms with E-state index in [2.05, 4.69) is 20.6 Å². The van der Waals surface area contributed by atoms with Gasteiger partial charge in [-0.05, 0) is 23.6 Å². The van der Waals surface area contributed by atoms with Gasteiger partial charge in [0, 0.05) is 29.8 Å². The van der Waals surface area contributed by atoms with Crippen molar-refractivity contribution in [3.05, 3.63) is 70.8 Å². The molecule has 0 aliphatic heterocycles. The molecule has 0 saturated carbocycles. The highest BCUT2D eigenvalue weighted by atomic mass is 32.1. The Balaban J connectivity index is 1.67. The number of pyridine rings is 1. The average molecular weight is 409 g/mol. The Morgan fingerprint density at radius 3 is 2.48 bits per heavy atom. The second kappa shape index (κ2) is 9.93. The molecule has 2 heterocycles. The van der Waals surface area contributed by atoms with Crippen LogP contribution in [0.2, 0.25) is 0 Å². The fraction of sp³-hybridized carbons (Fsp3) is 0.273. The number of hydrogen-bond acceptors (Lipinski definition) is 5. The van der Waals surface area contributed by atoms with E-state index in [-0.39, 0.29) is 17.7 Å². The smallest absolute Gasteiger partial charge is 0.247 e. The van der Waals surface area contributed by atoms with Crippen LogP contribution in [0, 0.1) is 5.92 Å². The van der Waals surface area contributed by atoms with Crippen molar-refractivity contribution in [2.75, 3.05) is 0 Å². The summed E-state index contributed by atoms with van der Waals surface area (Å²) in [5.41, 5.74) is 2.59. The molecule has 1 aromatic carbocycles. The first-order valence-electron chi connectivity index (χ1n) is 9.49. The second-order valence-corrected chi connectivity index (χ2v) is 8.03. The molecule has 2 amide bonds. The van der Waals surface area contributed by atoms with E-state index in [9.17, 15) is 9.59 Å². The molecule has 6 nitrogen and oxygen atoms in total. The van der Waals surface area contributed by atoms with Crippen molar-refractivity contribution < 1.29 is 9.59 Å². The molecule has 0 bridgehead atoms. The van der Waals surface area contributed by atoms with E-state index in [0.717, 1.165) is 21.8 Å². The van der Waals surface area contributed by atoms with Crippen molar-refractivity contribution in [1.82, 2.24) is 20.6 Å². The van der Waals surface area contributed by atoms with Crippen LogP contribution in [-0.2, 0) is 16.1 Å². The minimum Gasteiger partial charge on any atom is -0.347 e. The van der Waals surface area contributed by atoms with Crippen molar-refractivity contribution >= 4 is 23.2 Å². The molecular formula is C22H24N4O2S. The van der Waals surface area contributed by atoms with E-state index in [0.29, 0.717) is 13.0 Å². The van der Waals surface area contributed by atoms with Crippen LogP contribution < -0.4 is 10.6 Å². The first-order chi connectivity index (χ1) is 14.0. The van der Waals surface area contributed by atoms with Crippen LogP contribution in [0.5, 0.6) is 0 Å². The summed E-state index contributed by atoms with van der Waals surface area (Å²) in [6.07, 6.45) is 3.82. The van der Waals surface area contributed by atoms with Crippen LogP contribution in [0.3, 0.4) is 0 Å². The van der Waals surface area contributed by atoms with Gasteiger partial charge in [-0.15, -0.1) is 11.3 Å². The van der Waals surface area contributed by atoms with Crippen LogP contribution in [0.25, 0.3) is 11.3 Å². The molecule has 3 aromatic rings. The van der Waals surface area contributed by atoms with Gasteiger partial charge in [0.15, 0.2) is 0 Å². The van der Waals surface area contributed by atoms with Crippen LogP contribution in [-0.4, -0.2) is 21.8 Å². The molecule has 2 N–H and O–H groups in total. The fourth-order valence-electron chi connectivity index (χ4n) is 2.85. The number of rotatable bonds is 8. The summed E-state index contributed by atoms with van der Waals surface area (Å²) < 4.78 is 0. The highest BCUT2D eigenvalue weighted by Gasteiger charge is 2.23. The summed E-state index contributed by atoms with van der Waals surface area (Å²) in [4.78, 5) is 33.7. The highest BCUT2D eigenvalue weighted by Crippen LogP contribution is 2.21. The van der Waals surface area contributed by atoms with Crippen molar-refractivity contribution in [2.45, 2.75) is 32.9 Å². The van der Waals surface area contributed by atoms with E-state index >= 15 is 0 Å². The van der Waals surface area contributed by atoms with Gasteiger partial charge in [0.05, 0.1) is 12.2 Å². The maximum absolute atomic E-state index is 12.9. The maximum Gasteiger partial charge on any atom is 0.247 e. The van der Waals surface area contributed by atoms with E-state index in [1.165, 1.54) is 11.3 Å². The summed E-state index contributed by atoms with van der Waals surface area (Å²) >= 11 is 1.48. The molecule has 0 fully saturated rings. The van der Waals surface area contributed by atoms with Gasteiger partial charge < -0.3 is 10.6 Å². The van der Waals surface area contributed by atoms with Gasteiger partial charge in [0.2, 0.25) is 11.8 Å². The quantitative estimate of drug-likeness (QED) is 0.595. The summed E-state index contributed by atoms with van der Waals surface area (Å²) in [5, 5.41) is 8.51. The Hall–Kier alpha value is -3.06. The van der Waals surface area contributed by atoms with E-state index in [4.69, 9.17) is 0 Å². The predicted octanol–water partition coefficient (Wildman–Crippen LogP) is 3.72. The highest BCUT2D eigenvalue weighted by molar-refractivity contribution is 7.09. The van der Waals surface area contributed by atoms with Gasteiger partial charge in [0.1, 0.15) is 11.0 Å². The third-order valence-corrected chi connectivity index (χ3v) is 5.08. The van der Waals surface area contributed by atoms with Crippen molar-refractivity contribution in [3.8, 4) is 11.3 Å². The molecule has 0 saturated heterocycles. The monoisotopic (exact) mass is 408 g/mol. The maximum atomic E-state index is 12.9. The summed E-state index contributed by atoms with van der Waals surface area (Å²) in [6, 6.07) is 12.3. The Kier molecular flexibility index (Phi) is 7.08. The van der Waals surface area contributed by atoms with Crippen molar-refractivity contribution in [2.24, 2.45) is 5.92 Å². The summed E-state index contributed by atoms with van der Waals surface area (Å²) in [7, 11) is 0. The molecule has 1 atom stereocenters. The number of nitrogens with zero attached hydrogens (tertiary/aromatic N) is 2. The fourth-order valence-corrected chi connectivity index (χ4v) is 3.59. The molecular weight excluding hydrogens is 384 g/mol. The molecule has 150 valence electrons. The minimum atomic E-state index is -0.734. The average Bonchev–Trinajstić information content (AvgIpc) is 3.20. The molecule has 3 rings (SSSR count). The zero-order valence-electron chi connectivity index (χ0n) is 16.5. The number of carbonyl (C=O) groups is 2. The number of amides is 2. The standard InChI is InChI=1S/C22H24N4O2S/c1-15(2)12-19(27)26-21(17-6-4-3-5-7-17)22(28)24-13-20-25-18(14-29-20)16-8-10-23-11-9-16/h3-11,14-15,21H,12-13H2,1-2H3,(H,24,28)(H,26,27).